The van der Waals surface area contributed by atoms with Gasteiger partial charge in [-0.3, -0.25) is 0 Å². The van der Waals surface area contributed by atoms with Crippen LogP contribution in [0.3, 0.4) is 0 Å². The topological polar surface area (TPSA) is 3.24 Å². The number of hydrogen-bond acceptors (Lipinski definition) is 2. The van der Waals surface area contributed by atoms with Crippen LogP contribution in [0.5, 0.6) is 0 Å². The van der Waals surface area contributed by atoms with E-state index in [9.17, 15) is 4.39 Å². The zero-order valence-electron chi connectivity index (χ0n) is 9.99. The van der Waals surface area contributed by atoms with Gasteiger partial charge in [-0.1, -0.05) is 19.4 Å². The van der Waals surface area contributed by atoms with Gasteiger partial charge in [0.1, 0.15) is 5.82 Å². The molecular formula is C13H20FNS. The lowest BCUT2D eigenvalue weighted by atomic mass is 10.1. The Morgan fingerprint density at radius 2 is 2.19 bits per heavy atom. The number of hydrogen-bond donors (Lipinski definition) is 1. The first-order chi connectivity index (χ1) is 7.67. The number of benzene rings is 1. The first-order valence-electron chi connectivity index (χ1n) is 5.75. The predicted octanol–water partition coefficient (Wildman–Crippen LogP) is 3.61. The molecule has 0 saturated carbocycles. The Kier molecular flexibility index (Phi) is 5.67. The Balaban J connectivity index is 2.60. The molecule has 1 rings (SSSR count). The fraction of sp³-hybridized carbons (Fsp3) is 0.538. The minimum absolute atomic E-state index is 0.178. The van der Waals surface area contributed by atoms with Crippen LogP contribution in [0, 0.1) is 11.7 Å². The Bertz CT molecular complexity index is 317. The maximum atomic E-state index is 13.1. The van der Waals surface area contributed by atoms with Gasteiger partial charge in [0.25, 0.3) is 0 Å². The Labute approximate surface area is 103 Å². The van der Waals surface area contributed by atoms with Crippen molar-refractivity contribution in [3.05, 3.63) is 30.1 Å². The highest BCUT2D eigenvalue weighted by Crippen LogP contribution is 2.17. The molecule has 1 atom stereocenters. The van der Waals surface area contributed by atoms with E-state index in [-0.39, 0.29) is 5.82 Å². The molecule has 90 valence electrons. The van der Waals surface area contributed by atoms with E-state index < -0.39 is 0 Å². The summed E-state index contributed by atoms with van der Waals surface area (Å²) >= 11 is 4.36. The quantitative estimate of drug-likeness (QED) is 0.745. The van der Waals surface area contributed by atoms with Crippen LogP contribution in [0.2, 0.25) is 0 Å². The van der Waals surface area contributed by atoms with Crippen molar-refractivity contribution in [2.24, 2.45) is 5.92 Å². The van der Waals surface area contributed by atoms with Crippen molar-refractivity contribution < 1.29 is 4.39 Å². The monoisotopic (exact) mass is 241 g/mol. The summed E-state index contributed by atoms with van der Waals surface area (Å²) in [5.74, 6) is 1.27. The molecule has 0 aromatic heterocycles. The zero-order valence-corrected chi connectivity index (χ0v) is 10.9. The molecule has 0 aliphatic heterocycles. The summed E-state index contributed by atoms with van der Waals surface area (Å²) in [6.45, 7) is 3.11. The Morgan fingerprint density at radius 3 is 2.75 bits per heavy atom. The summed E-state index contributed by atoms with van der Waals surface area (Å²) in [5, 5.41) is 0. The van der Waals surface area contributed by atoms with Crippen LogP contribution in [-0.2, 0) is 0 Å². The lowest BCUT2D eigenvalue weighted by molar-refractivity contribution is 0.533. The molecule has 0 fully saturated rings. The molecule has 16 heavy (non-hydrogen) atoms. The molecule has 0 saturated heterocycles. The summed E-state index contributed by atoms with van der Waals surface area (Å²) in [6.07, 6.45) is 2.34. The van der Waals surface area contributed by atoms with Crippen molar-refractivity contribution in [1.82, 2.24) is 0 Å². The summed E-state index contributed by atoms with van der Waals surface area (Å²) in [5.41, 5.74) is 0.933. The second-order valence-corrected chi connectivity index (χ2v) is 4.56. The molecule has 0 amide bonds. The third-order valence-corrected chi connectivity index (χ3v) is 3.25. The van der Waals surface area contributed by atoms with Crippen LogP contribution in [-0.4, -0.2) is 19.3 Å². The van der Waals surface area contributed by atoms with Crippen LogP contribution in [0.15, 0.2) is 24.3 Å². The van der Waals surface area contributed by atoms with Gasteiger partial charge in [-0.2, -0.15) is 12.6 Å². The first-order valence-corrected chi connectivity index (χ1v) is 6.38. The van der Waals surface area contributed by atoms with Gasteiger partial charge in [0.2, 0.25) is 0 Å². The van der Waals surface area contributed by atoms with Gasteiger partial charge in [-0.15, -0.1) is 0 Å². The second kappa shape index (κ2) is 6.79. The second-order valence-electron chi connectivity index (χ2n) is 4.20. The summed E-state index contributed by atoms with van der Waals surface area (Å²) in [6, 6.07) is 6.72. The lowest BCUT2D eigenvalue weighted by Crippen LogP contribution is -2.26. The van der Waals surface area contributed by atoms with Crippen LogP contribution in [0.1, 0.15) is 19.8 Å². The molecule has 0 aliphatic carbocycles. The number of anilines is 1. The van der Waals surface area contributed by atoms with Gasteiger partial charge >= 0.3 is 0 Å². The predicted molar refractivity (Wildman–Crippen MR) is 71.9 cm³/mol. The number of rotatable bonds is 6. The van der Waals surface area contributed by atoms with E-state index in [0.717, 1.165) is 18.0 Å². The molecule has 0 N–H and O–H groups in total. The maximum absolute atomic E-state index is 13.1. The molecule has 0 radical (unpaired) electrons. The molecule has 1 aromatic carbocycles. The fourth-order valence-electron chi connectivity index (χ4n) is 1.85. The van der Waals surface area contributed by atoms with Gasteiger partial charge in [0.15, 0.2) is 0 Å². The van der Waals surface area contributed by atoms with Crippen molar-refractivity contribution in [2.45, 2.75) is 19.8 Å². The highest BCUT2D eigenvalue weighted by atomic mass is 32.1. The summed E-state index contributed by atoms with van der Waals surface area (Å²) in [7, 11) is 2.00. The van der Waals surface area contributed by atoms with E-state index >= 15 is 0 Å². The Morgan fingerprint density at radius 1 is 1.44 bits per heavy atom. The van der Waals surface area contributed by atoms with Gasteiger partial charge in [-0.25, -0.2) is 4.39 Å². The Hall–Kier alpha value is -0.700. The first kappa shape index (κ1) is 13.4. The van der Waals surface area contributed by atoms with Crippen LogP contribution < -0.4 is 4.90 Å². The number of thiol groups is 1. The van der Waals surface area contributed by atoms with Crippen molar-refractivity contribution in [3.63, 3.8) is 0 Å². The number of nitrogens with zero attached hydrogens (tertiary/aromatic N) is 1. The van der Waals surface area contributed by atoms with E-state index in [1.54, 1.807) is 12.1 Å². The standard InChI is InChI=1S/C13H20FNS/c1-3-5-11(10-16)9-15(2)13-7-4-6-12(14)8-13/h4,6-8,11,16H,3,5,9-10H2,1-2H3. The smallest absolute Gasteiger partial charge is 0.125 e. The van der Waals surface area contributed by atoms with Crippen LogP contribution >= 0.6 is 12.6 Å². The minimum Gasteiger partial charge on any atom is -0.374 e. The molecule has 0 heterocycles. The summed E-state index contributed by atoms with van der Waals surface area (Å²) in [4.78, 5) is 2.10. The van der Waals surface area contributed by atoms with Crippen LogP contribution in [0.25, 0.3) is 0 Å². The highest BCUT2D eigenvalue weighted by molar-refractivity contribution is 7.80. The van der Waals surface area contributed by atoms with Gasteiger partial charge in [-0.05, 0) is 36.3 Å². The van der Waals surface area contributed by atoms with E-state index in [0.29, 0.717) is 5.92 Å². The molecule has 1 aromatic rings. The van der Waals surface area contributed by atoms with Gasteiger partial charge < -0.3 is 4.90 Å². The van der Waals surface area contributed by atoms with Crippen molar-refractivity contribution in [1.29, 1.82) is 0 Å². The summed E-state index contributed by atoms with van der Waals surface area (Å²) < 4.78 is 13.1. The third kappa shape index (κ3) is 4.05. The van der Waals surface area contributed by atoms with E-state index in [2.05, 4.69) is 24.5 Å². The minimum atomic E-state index is -0.178. The zero-order chi connectivity index (χ0) is 12.0. The third-order valence-electron chi connectivity index (χ3n) is 2.74. The SMILES string of the molecule is CCCC(CS)CN(C)c1cccc(F)c1. The largest absolute Gasteiger partial charge is 0.374 e. The molecule has 0 spiro atoms. The number of halogens is 1. The normalized spacial score (nSPS) is 12.5. The average molecular weight is 241 g/mol. The molecule has 3 heteroatoms. The van der Waals surface area contributed by atoms with Crippen LogP contribution in [0.4, 0.5) is 10.1 Å². The average Bonchev–Trinajstić information content (AvgIpc) is 2.28. The van der Waals surface area contributed by atoms with Gasteiger partial charge in [0.05, 0.1) is 0 Å². The molecular weight excluding hydrogens is 221 g/mol. The van der Waals surface area contributed by atoms with Crippen molar-refractivity contribution in [2.75, 3.05) is 24.2 Å². The van der Waals surface area contributed by atoms with E-state index in [1.165, 1.54) is 18.9 Å². The van der Waals surface area contributed by atoms with Gasteiger partial charge in [0, 0.05) is 19.3 Å². The van der Waals surface area contributed by atoms with E-state index in [4.69, 9.17) is 0 Å². The molecule has 0 bridgehead atoms. The molecule has 0 aliphatic rings. The molecule has 1 nitrogen and oxygen atoms in total. The maximum Gasteiger partial charge on any atom is 0.125 e. The van der Waals surface area contributed by atoms with Crippen molar-refractivity contribution >= 4 is 18.3 Å². The van der Waals surface area contributed by atoms with Crippen molar-refractivity contribution in [3.8, 4) is 0 Å². The molecule has 1 unspecified atom stereocenters. The lowest BCUT2D eigenvalue weighted by Gasteiger charge is -2.24. The highest BCUT2D eigenvalue weighted by Gasteiger charge is 2.10. The fourth-order valence-corrected chi connectivity index (χ4v) is 2.15. The van der Waals surface area contributed by atoms with E-state index in [1.807, 2.05) is 13.1 Å².